The Balaban J connectivity index is 1.66. The monoisotopic (exact) mass is 305 g/mol. The van der Waals surface area contributed by atoms with Crippen molar-refractivity contribution >= 4 is 22.4 Å². The van der Waals surface area contributed by atoms with Gasteiger partial charge < -0.3 is 14.4 Å². The van der Waals surface area contributed by atoms with Gasteiger partial charge in [0.25, 0.3) is 5.91 Å². The number of benzene rings is 3. The maximum Gasteiger partial charge on any atom is 0.258 e. The molecule has 0 saturated carbocycles. The lowest BCUT2D eigenvalue weighted by molar-refractivity contribution is 0.0992. The third kappa shape index (κ3) is 2.38. The predicted octanol–water partition coefficient (Wildman–Crippen LogP) is 3.85. The summed E-state index contributed by atoms with van der Waals surface area (Å²) in [4.78, 5) is 14.4. The minimum Gasteiger partial charge on any atom is -0.454 e. The van der Waals surface area contributed by atoms with Crippen molar-refractivity contribution in [3.05, 3.63) is 66.2 Å². The van der Waals surface area contributed by atoms with E-state index >= 15 is 0 Å². The lowest BCUT2D eigenvalue weighted by atomic mass is 10.1. The zero-order valence-corrected chi connectivity index (χ0v) is 12.7. The Kier molecular flexibility index (Phi) is 3.15. The van der Waals surface area contributed by atoms with Gasteiger partial charge in [-0.3, -0.25) is 4.79 Å². The molecule has 1 aliphatic rings. The van der Waals surface area contributed by atoms with Gasteiger partial charge in [-0.1, -0.05) is 30.3 Å². The van der Waals surface area contributed by atoms with E-state index in [-0.39, 0.29) is 12.7 Å². The first kappa shape index (κ1) is 13.6. The molecule has 4 heteroatoms. The summed E-state index contributed by atoms with van der Waals surface area (Å²) in [7, 11) is 1.77. The summed E-state index contributed by atoms with van der Waals surface area (Å²) in [6.45, 7) is 0.202. The summed E-state index contributed by atoms with van der Waals surface area (Å²) in [5.74, 6) is 1.20. The molecule has 114 valence electrons. The van der Waals surface area contributed by atoms with Gasteiger partial charge in [0, 0.05) is 18.3 Å². The van der Waals surface area contributed by atoms with Gasteiger partial charge in [-0.25, -0.2) is 0 Å². The van der Waals surface area contributed by atoms with Crippen molar-refractivity contribution < 1.29 is 14.3 Å². The van der Waals surface area contributed by atoms with Crippen LogP contribution in [0.2, 0.25) is 0 Å². The largest absolute Gasteiger partial charge is 0.454 e. The zero-order valence-electron chi connectivity index (χ0n) is 12.7. The Morgan fingerprint density at radius 3 is 2.57 bits per heavy atom. The quantitative estimate of drug-likeness (QED) is 0.722. The van der Waals surface area contributed by atoms with E-state index in [0.717, 1.165) is 16.5 Å². The highest BCUT2D eigenvalue weighted by molar-refractivity contribution is 6.07. The summed E-state index contributed by atoms with van der Waals surface area (Å²) < 4.78 is 10.6. The predicted molar refractivity (Wildman–Crippen MR) is 89.2 cm³/mol. The van der Waals surface area contributed by atoms with Crippen LogP contribution in [-0.4, -0.2) is 19.7 Å². The number of anilines is 1. The van der Waals surface area contributed by atoms with Crippen LogP contribution in [0.1, 0.15) is 10.4 Å². The molecule has 0 aliphatic carbocycles. The third-order valence-electron chi connectivity index (χ3n) is 4.04. The van der Waals surface area contributed by atoms with Crippen molar-refractivity contribution in [2.24, 2.45) is 0 Å². The molecule has 0 radical (unpaired) electrons. The highest BCUT2D eigenvalue weighted by Gasteiger charge is 2.19. The fourth-order valence-electron chi connectivity index (χ4n) is 2.73. The van der Waals surface area contributed by atoms with E-state index in [9.17, 15) is 4.79 Å². The molecule has 0 fully saturated rings. The number of carbonyl (C=O) groups is 1. The second-order valence-electron chi connectivity index (χ2n) is 5.46. The fourth-order valence-corrected chi connectivity index (χ4v) is 2.73. The van der Waals surface area contributed by atoms with Crippen LogP contribution in [0.15, 0.2) is 60.7 Å². The van der Waals surface area contributed by atoms with Gasteiger partial charge in [0.1, 0.15) is 0 Å². The number of rotatable bonds is 2. The minimum absolute atomic E-state index is 0.0846. The molecule has 1 amide bonds. The fraction of sp³-hybridized carbons (Fsp3) is 0.105. The molecule has 0 bridgehead atoms. The van der Waals surface area contributed by atoms with Crippen molar-refractivity contribution in [2.75, 3.05) is 18.7 Å². The molecular formula is C19H15NO3. The topological polar surface area (TPSA) is 38.8 Å². The third-order valence-corrected chi connectivity index (χ3v) is 4.04. The molecule has 1 heterocycles. The SMILES string of the molecule is CN(C(=O)c1ccc2c(c1)OCO2)c1ccc2ccccc2c1. The van der Waals surface area contributed by atoms with Crippen molar-refractivity contribution in [1.82, 2.24) is 0 Å². The lowest BCUT2D eigenvalue weighted by Gasteiger charge is -2.18. The van der Waals surface area contributed by atoms with Crippen LogP contribution in [0.5, 0.6) is 11.5 Å². The first-order valence-corrected chi connectivity index (χ1v) is 7.39. The maximum absolute atomic E-state index is 12.7. The highest BCUT2D eigenvalue weighted by atomic mass is 16.7. The normalized spacial score (nSPS) is 12.4. The summed E-state index contributed by atoms with van der Waals surface area (Å²) >= 11 is 0. The maximum atomic E-state index is 12.7. The number of amides is 1. The Hall–Kier alpha value is -3.01. The number of carbonyl (C=O) groups excluding carboxylic acids is 1. The van der Waals surface area contributed by atoms with Crippen molar-refractivity contribution in [3.63, 3.8) is 0 Å². The molecule has 0 spiro atoms. The van der Waals surface area contributed by atoms with Crippen LogP contribution in [0.4, 0.5) is 5.69 Å². The van der Waals surface area contributed by atoms with Gasteiger partial charge in [0.15, 0.2) is 11.5 Å². The van der Waals surface area contributed by atoms with Crippen molar-refractivity contribution in [3.8, 4) is 11.5 Å². The number of hydrogen-bond donors (Lipinski definition) is 0. The Morgan fingerprint density at radius 1 is 0.913 bits per heavy atom. The lowest BCUT2D eigenvalue weighted by Crippen LogP contribution is -2.26. The van der Waals surface area contributed by atoms with Gasteiger partial charge in [0.05, 0.1) is 0 Å². The summed E-state index contributed by atoms with van der Waals surface area (Å²) in [6.07, 6.45) is 0. The van der Waals surface area contributed by atoms with Crippen LogP contribution in [0.25, 0.3) is 10.8 Å². The van der Waals surface area contributed by atoms with Crippen LogP contribution >= 0.6 is 0 Å². The molecule has 3 aromatic carbocycles. The van der Waals surface area contributed by atoms with Crippen LogP contribution < -0.4 is 14.4 Å². The van der Waals surface area contributed by atoms with Crippen LogP contribution in [0.3, 0.4) is 0 Å². The molecule has 3 aromatic rings. The van der Waals surface area contributed by atoms with Gasteiger partial charge in [-0.05, 0) is 41.1 Å². The minimum atomic E-state index is -0.0846. The standard InChI is InChI=1S/C19H15NO3/c1-20(16-8-6-13-4-2-3-5-14(13)10-16)19(21)15-7-9-17-18(11-15)23-12-22-17/h2-11H,12H2,1H3. The van der Waals surface area contributed by atoms with E-state index in [1.54, 1.807) is 30.1 Å². The molecule has 23 heavy (non-hydrogen) atoms. The molecule has 0 N–H and O–H groups in total. The Bertz CT molecular complexity index is 904. The Labute approximate surface area is 133 Å². The second-order valence-corrected chi connectivity index (χ2v) is 5.46. The summed E-state index contributed by atoms with van der Waals surface area (Å²) in [5.41, 5.74) is 1.43. The molecule has 1 aliphatic heterocycles. The smallest absolute Gasteiger partial charge is 0.258 e. The van der Waals surface area contributed by atoms with Gasteiger partial charge >= 0.3 is 0 Å². The van der Waals surface area contributed by atoms with Crippen LogP contribution in [-0.2, 0) is 0 Å². The number of fused-ring (bicyclic) bond motifs is 2. The first-order valence-electron chi connectivity index (χ1n) is 7.39. The average Bonchev–Trinajstić information content (AvgIpc) is 3.07. The van der Waals surface area contributed by atoms with Crippen molar-refractivity contribution in [2.45, 2.75) is 0 Å². The summed E-state index contributed by atoms with van der Waals surface area (Å²) in [6, 6.07) is 19.3. The molecule has 0 saturated heterocycles. The van der Waals surface area contributed by atoms with Crippen LogP contribution in [0, 0.1) is 0 Å². The molecule has 4 rings (SSSR count). The van der Waals surface area contributed by atoms with E-state index in [1.807, 2.05) is 36.4 Å². The molecule has 0 aromatic heterocycles. The van der Waals surface area contributed by atoms with Gasteiger partial charge in [-0.15, -0.1) is 0 Å². The van der Waals surface area contributed by atoms with Crippen molar-refractivity contribution in [1.29, 1.82) is 0 Å². The summed E-state index contributed by atoms with van der Waals surface area (Å²) in [5, 5.41) is 2.26. The first-order chi connectivity index (χ1) is 11.2. The molecule has 0 atom stereocenters. The van der Waals surface area contributed by atoms with E-state index in [4.69, 9.17) is 9.47 Å². The molecular weight excluding hydrogens is 290 g/mol. The average molecular weight is 305 g/mol. The Morgan fingerprint density at radius 2 is 1.70 bits per heavy atom. The van der Waals surface area contributed by atoms with Gasteiger partial charge in [-0.2, -0.15) is 0 Å². The van der Waals surface area contributed by atoms with E-state index < -0.39 is 0 Å². The second kappa shape index (κ2) is 5.32. The highest BCUT2D eigenvalue weighted by Crippen LogP contribution is 2.33. The number of ether oxygens (including phenoxy) is 2. The van der Waals surface area contributed by atoms with E-state index in [2.05, 4.69) is 6.07 Å². The molecule has 4 nitrogen and oxygen atoms in total. The van der Waals surface area contributed by atoms with Gasteiger partial charge in [0.2, 0.25) is 6.79 Å². The molecule has 0 unspecified atom stereocenters. The zero-order chi connectivity index (χ0) is 15.8. The van der Waals surface area contributed by atoms with E-state index in [1.165, 1.54) is 0 Å². The number of nitrogens with zero attached hydrogens (tertiary/aromatic N) is 1. The number of hydrogen-bond acceptors (Lipinski definition) is 3. The van der Waals surface area contributed by atoms with E-state index in [0.29, 0.717) is 17.1 Å².